The molecule has 0 amide bonds. The number of carbonyl (C=O) groups excluding carboxylic acids is 2. The molecule has 248 valence electrons. The summed E-state index contributed by atoms with van der Waals surface area (Å²) < 4.78 is 32.4. The molecule has 8 nitrogen and oxygen atoms in total. The molecule has 4 aliphatic carbocycles. The number of rotatable bonds is 8. The van der Waals surface area contributed by atoms with Crippen LogP contribution in [0.15, 0.2) is 0 Å². The van der Waals surface area contributed by atoms with Crippen LogP contribution in [-0.2, 0) is 24.4 Å². The molecule has 0 spiro atoms. The normalized spacial score (nSPS) is 40.9. The number of ether oxygens (including phenoxy) is 1. The molecule has 0 aromatic heterocycles. The van der Waals surface area contributed by atoms with Crippen LogP contribution in [0.3, 0.4) is 0 Å². The Morgan fingerprint density at radius 3 is 2.26 bits per heavy atom. The lowest BCUT2D eigenvalue weighted by atomic mass is 9.43. The monoisotopic (exact) mass is 625 g/mol. The average molecular weight is 626 g/mol. The molecule has 0 aromatic rings. The first-order valence-corrected chi connectivity index (χ1v) is 18.9. The molecule has 0 aromatic carbocycles. The van der Waals surface area contributed by atoms with Gasteiger partial charge in [0.05, 0.1) is 24.6 Å². The number of fused-ring (bicyclic) bond motifs is 5. The Kier molecular flexibility index (Phi) is 11.0. The van der Waals surface area contributed by atoms with Crippen LogP contribution in [0.1, 0.15) is 118 Å². The minimum atomic E-state index is -3.67. The van der Waals surface area contributed by atoms with Crippen molar-refractivity contribution in [1.29, 1.82) is 0 Å². The summed E-state index contributed by atoms with van der Waals surface area (Å²) in [6, 6.07) is 0.108. The van der Waals surface area contributed by atoms with E-state index >= 15 is 0 Å². The smallest absolute Gasteiger partial charge is 0.261 e. The van der Waals surface area contributed by atoms with Crippen LogP contribution in [0.2, 0.25) is 0 Å². The number of ketones is 2. The van der Waals surface area contributed by atoms with E-state index in [0.717, 1.165) is 71.1 Å². The van der Waals surface area contributed by atoms with Crippen molar-refractivity contribution in [2.75, 3.05) is 26.0 Å². The van der Waals surface area contributed by atoms with Gasteiger partial charge in [-0.05, 0) is 86.9 Å². The van der Waals surface area contributed by atoms with Crippen LogP contribution in [0.25, 0.3) is 0 Å². The maximum absolute atomic E-state index is 14.1. The molecule has 5 rings (SSSR count). The fourth-order valence-electron chi connectivity index (χ4n) is 10.7. The highest BCUT2D eigenvalue weighted by molar-refractivity contribution is 7.85. The third-order valence-electron chi connectivity index (χ3n) is 12.6. The SMILES string of the molecule is CCCCC1(CCCC)CN([C@H]2C[C@@]3(C)[C@@H](CC[C@H]4[C@@H]5CC[C@H](C(C)=O)[C@@]5(C)CC(=O)[C@@H]43)C[C@@H]2O)CCO1.CS(=O)(=O)O. The van der Waals surface area contributed by atoms with Gasteiger partial charge in [0, 0.05) is 37.4 Å². The number of aliphatic hydroxyl groups is 1. The highest BCUT2D eigenvalue weighted by Crippen LogP contribution is 2.66. The zero-order valence-corrected chi connectivity index (χ0v) is 28.5. The largest absolute Gasteiger partial charge is 0.391 e. The number of hydrogen-bond donors (Lipinski definition) is 2. The number of morpholine rings is 1. The van der Waals surface area contributed by atoms with Crippen molar-refractivity contribution in [1.82, 2.24) is 4.90 Å². The minimum Gasteiger partial charge on any atom is -0.391 e. The Hall–Kier alpha value is -0.870. The second-order valence-electron chi connectivity index (χ2n) is 15.4. The highest BCUT2D eigenvalue weighted by Gasteiger charge is 2.65. The number of Topliss-reactive ketones (excluding diaryl/α,β-unsaturated/α-hetero) is 2. The van der Waals surface area contributed by atoms with Gasteiger partial charge in [-0.25, -0.2) is 0 Å². The second-order valence-corrected chi connectivity index (χ2v) is 16.9. The Balaban J connectivity index is 0.000000782. The van der Waals surface area contributed by atoms with Gasteiger partial charge in [0.25, 0.3) is 10.1 Å². The van der Waals surface area contributed by atoms with Gasteiger partial charge in [0.1, 0.15) is 11.6 Å². The summed E-state index contributed by atoms with van der Waals surface area (Å²) >= 11 is 0. The van der Waals surface area contributed by atoms with Crippen molar-refractivity contribution in [3.8, 4) is 0 Å². The predicted molar refractivity (Wildman–Crippen MR) is 168 cm³/mol. The van der Waals surface area contributed by atoms with E-state index in [0.29, 0.717) is 36.2 Å². The van der Waals surface area contributed by atoms with E-state index in [4.69, 9.17) is 9.29 Å². The summed E-state index contributed by atoms with van der Waals surface area (Å²) in [5, 5.41) is 11.5. The summed E-state index contributed by atoms with van der Waals surface area (Å²) in [6.07, 6.45) is 13.9. The van der Waals surface area contributed by atoms with E-state index in [-0.39, 0.29) is 46.2 Å². The van der Waals surface area contributed by atoms with Crippen LogP contribution < -0.4 is 0 Å². The fourth-order valence-corrected chi connectivity index (χ4v) is 10.7. The molecule has 9 atom stereocenters. The summed E-state index contributed by atoms with van der Waals surface area (Å²) in [7, 11) is -3.67. The van der Waals surface area contributed by atoms with Gasteiger partial charge in [0.2, 0.25) is 0 Å². The maximum Gasteiger partial charge on any atom is 0.261 e. The Morgan fingerprint density at radius 1 is 1.05 bits per heavy atom. The zero-order chi connectivity index (χ0) is 31.8. The molecule has 5 fully saturated rings. The quantitative estimate of drug-likeness (QED) is 0.329. The van der Waals surface area contributed by atoms with Gasteiger partial charge in [-0.1, -0.05) is 53.4 Å². The molecule has 0 unspecified atom stereocenters. The van der Waals surface area contributed by atoms with Crippen LogP contribution in [0.5, 0.6) is 0 Å². The molecule has 2 N–H and O–H groups in total. The van der Waals surface area contributed by atoms with Gasteiger partial charge in [-0.3, -0.25) is 19.0 Å². The number of unbranched alkanes of at least 4 members (excludes halogenated alkanes) is 2. The maximum atomic E-state index is 14.1. The topological polar surface area (TPSA) is 121 Å². The van der Waals surface area contributed by atoms with Gasteiger partial charge < -0.3 is 9.84 Å². The minimum absolute atomic E-state index is 0.0524. The molecule has 9 heteroatoms. The number of carbonyl (C=O) groups is 2. The molecule has 4 saturated carbocycles. The number of nitrogens with zero attached hydrogens (tertiary/aromatic N) is 1. The molecular formula is C34H59NO7S. The van der Waals surface area contributed by atoms with E-state index in [1.807, 2.05) is 0 Å². The molecule has 1 aliphatic heterocycles. The van der Waals surface area contributed by atoms with Crippen molar-refractivity contribution in [2.45, 2.75) is 136 Å². The summed E-state index contributed by atoms with van der Waals surface area (Å²) in [6.45, 7) is 13.5. The lowest BCUT2D eigenvalue weighted by Gasteiger charge is -2.62. The van der Waals surface area contributed by atoms with E-state index < -0.39 is 10.1 Å². The first-order valence-electron chi connectivity index (χ1n) is 17.1. The first kappa shape index (κ1) is 35.0. The Bertz CT molecular complexity index is 1090. The molecular weight excluding hydrogens is 566 g/mol. The van der Waals surface area contributed by atoms with E-state index in [9.17, 15) is 23.1 Å². The van der Waals surface area contributed by atoms with Crippen molar-refractivity contribution in [3.63, 3.8) is 0 Å². The van der Waals surface area contributed by atoms with Crippen LogP contribution in [0, 0.1) is 40.4 Å². The lowest BCUT2D eigenvalue weighted by Crippen LogP contribution is -2.64. The fraction of sp³-hybridized carbons (Fsp3) is 0.941. The van der Waals surface area contributed by atoms with Gasteiger partial charge in [-0.15, -0.1) is 0 Å². The molecule has 0 radical (unpaired) electrons. The van der Waals surface area contributed by atoms with Crippen molar-refractivity contribution >= 4 is 21.7 Å². The summed E-state index contributed by atoms with van der Waals surface area (Å²) in [5.74, 6) is 2.15. The number of aliphatic hydroxyl groups excluding tert-OH is 1. The summed E-state index contributed by atoms with van der Waals surface area (Å²) in [5.41, 5.74) is -0.304. The molecule has 1 saturated heterocycles. The molecule has 0 bridgehead atoms. The van der Waals surface area contributed by atoms with Crippen molar-refractivity contribution < 1.29 is 32.4 Å². The van der Waals surface area contributed by atoms with Crippen LogP contribution >= 0.6 is 0 Å². The molecule has 5 aliphatic rings. The van der Waals surface area contributed by atoms with E-state index in [2.05, 4.69) is 32.6 Å². The number of hydrogen-bond acceptors (Lipinski definition) is 7. The van der Waals surface area contributed by atoms with E-state index in [1.165, 1.54) is 25.7 Å². The zero-order valence-electron chi connectivity index (χ0n) is 27.6. The average Bonchev–Trinajstić information content (AvgIpc) is 3.26. The van der Waals surface area contributed by atoms with Gasteiger partial charge in [-0.2, -0.15) is 8.42 Å². The second kappa shape index (κ2) is 13.5. The Labute approximate surface area is 260 Å². The standard InChI is InChI=1S/C33H55NO4.CH4O3S/c1-6-8-14-33(15-9-7-2)21-34(16-17-38-33)27-19-31(4)23(18-28(27)36)10-11-24-26-13-12-25(22(3)35)32(26,5)20-29(37)30(24)31;1-5(2,3)4/h23-28,30,36H,6-21H2,1-5H3;1H3,(H,2,3,4)/t23-,24-,25+,26-,27-,28-,30+,31-,32+;/m0./s1. The van der Waals surface area contributed by atoms with E-state index in [1.54, 1.807) is 6.92 Å². The molecule has 1 heterocycles. The van der Waals surface area contributed by atoms with Gasteiger partial charge >= 0.3 is 0 Å². The van der Waals surface area contributed by atoms with Crippen LogP contribution in [0.4, 0.5) is 0 Å². The lowest BCUT2D eigenvalue weighted by molar-refractivity contribution is -0.182. The Morgan fingerprint density at radius 2 is 1.67 bits per heavy atom. The highest BCUT2D eigenvalue weighted by atomic mass is 32.2. The van der Waals surface area contributed by atoms with Crippen molar-refractivity contribution in [2.24, 2.45) is 40.4 Å². The van der Waals surface area contributed by atoms with Crippen LogP contribution in [-0.4, -0.2) is 78.2 Å². The molecule has 43 heavy (non-hydrogen) atoms. The third-order valence-corrected chi connectivity index (χ3v) is 12.6. The first-order chi connectivity index (χ1) is 20.1. The predicted octanol–water partition coefficient (Wildman–Crippen LogP) is 5.71. The summed E-state index contributed by atoms with van der Waals surface area (Å²) in [4.78, 5) is 29.2. The van der Waals surface area contributed by atoms with Crippen molar-refractivity contribution in [3.05, 3.63) is 0 Å². The third kappa shape index (κ3) is 7.26. The van der Waals surface area contributed by atoms with Gasteiger partial charge in [0.15, 0.2) is 0 Å².